The first-order valence-electron chi connectivity index (χ1n) is 7.16. The minimum Gasteiger partial charge on any atom is -0.357 e. The molecule has 2 heterocycles. The Balaban J connectivity index is 2.36. The summed E-state index contributed by atoms with van der Waals surface area (Å²) in [5, 5.41) is 2.59. The van der Waals surface area contributed by atoms with Crippen molar-refractivity contribution >= 4 is 11.8 Å². The highest BCUT2D eigenvalue weighted by Gasteiger charge is 2.33. The number of rotatable bonds is 2. The molecule has 0 radical (unpaired) electrons. The van der Waals surface area contributed by atoms with Gasteiger partial charge < -0.3 is 14.8 Å². The zero-order valence-electron chi connectivity index (χ0n) is 12.7. The number of pyridine rings is 1. The van der Waals surface area contributed by atoms with Gasteiger partial charge in [-0.3, -0.25) is 14.4 Å². The monoisotopic (exact) mass is 291 g/mol. The largest absolute Gasteiger partial charge is 0.357 e. The highest BCUT2D eigenvalue weighted by molar-refractivity contribution is 5.97. The van der Waals surface area contributed by atoms with Crippen LogP contribution in [0.4, 0.5) is 0 Å². The number of carbonyl (C=O) groups is 2. The van der Waals surface area contributed by atoms with Crippen LogP contribution in [0.15, 0.2) is 16.9 Å². The van der Waals surface area contributed by atoms with Gasteiger partial charge in [-0.2, -0.15) is 0 Å². The Hall–Kier alpha value is -2.11. The predicted molar refractivity (Wildman–Crippen MR) is 79.2 cm³/mol. The summed E-state index contributed by atoms with van der Waals surface area (Å²) in [6.07, 6.45) is 2.40. The standard InChI is InChI=1S/C15H21N3O3/c1-10-7-8-11(14(20)17(10)3)15(21)18-9-5-4-6-12(18)13(19)16-2/h7-8,12H,4-6,9H2,1-3H3,(H,16,19). The highest BCUT2D eigenvalue weighted by Crippen LogP contribution is 2.19. The summed E-state index contributed by atoms with van der Waals surface area (Å²) in [4.78, 5) is 38.3. The first-order valence-corrected chi connectivity index (χ1v) is 7.16. The van der Waals surface area contributed by atoms with Gasteiger partial charge in [0.1, 0.15) is 11.6 Å². The number of likely N-dealkylation sites (N-methyl/N-ethyl adjacent to an activating group) is 1. The molecule has 114 valence electrons. The van der Waals surface area contributed by atoms with Gasteiger partial charge in [0.05, 0.1) is 0 Å². The van der Waals surface area contributed by atoms with E-state index >= 15 is 0 Å². The van der Waals surface area contributed by atoms with Crippen LogP contribution in [0.1, 0.15) is 35.3 Å². The van der Waals surface area contributed by atoms with Crippen LogP contribution in [0.25, 0.3) is 0 Å². The molecule has 0 saturated carbocycles. The molecule has 6 heteroatoms. The molecular formula is C15H21N3O3. The van der Waals surface area contributed by atoms with Crippen LogP contribution in [0.2, 0.25) is 0 Å². The summed E-state index contributed by atoms with van der Waals surface area (Å²) in [5.74, 6) is -0.532. The lowest BCUT2D eigenvalue weighted by Gasteiger charge is -2.34. The SMILES string of the molecule is CNC(=O)C1CCCCN1C(=O)c1ccc(C)n(C)c1=O. The van der Waals surface area contributed by atoms with Gasteiger partial charge in [0.2, 0.25) is 5.91 Å². The summed E-state index contributed by atoms with van der Waals surface area (Å²) in [6, 6.07) is 2.81. The van der Waals surface area contributed by atoms with Gasteiger partial charge in [0.15, 0.2) is 0 Å². The van der Waals surface area contributed by atoms with Crippen LogP contribution in [0, 0.1) is 6.92 Å². The topological polar surface area (TPSA) is 71.4 Å². The molecule has 0 bridgehead atoms. The summed E-state index contributed by atoms with van der Waals surface area (Å²) in [6.45, 7) is 2.32. The van der Waals surface area contributed by atoms with E-state index in [4.69, 9.17) is 0 Å². The molecule has 2 amide bonds. The van der Waals surface area contributed by atoms with Crippen LogP contribution < -0.4 is 10.9 Å². The van der Waals surface area contributed by atoms with E-state index in [1.807, 2.05) is 6.92 Å². The summed E-state index contributed by atoms with van der Waals surface area (Å²) < 4.78 is 1.45. The molecule has 2 rings (SSSR count). The number of piperidine rings is 1. The number of hydrogen-bond acceptors (Lipinski definition) is 3. The molecule has 1 atom stereocenters. The molecule has 1 aromatic rings. The molecule has 1 aromatic heterocycles. The average Bonchev–Trinajstić information content (AvgIpc) is 2.51. The van der Waals surface area contributed by atoms with Crippen LogP contribution in [0.5, 0.6) is 0 Å². The molecule has 0 aromatic carbocycles. The molecule has 1 aliphatic rings. The van der Waals surface area contributed by atoms with Gasteiger partial charge in [-0.15, -0.1) is 0 Å². The van der Waals surface area contributed by atoms with E-state index in [-0.39, 0.29) is 22.9 Å². The number of likely N-dealkylation sites (tertiary alicyclic amines) is 1. The Morgan fingerprint density at radius 2 is 2.00 bits per heavy atom. The van der Waals surface area contributed by atoms with E-state index in [0.717, 1.165) is 18.5 Å². The maximum atomic E-state index is 12.6. The molecule has 6 nitrogen and oxygen atoms in total. The van der Waals surface area contributed by atoms with Gasteiger partial charge in [0, 0.05) is 26.3 Å². The van der Waals surface area contributed by atoms with Crippen molar-refractivity contribution in [3.8, 4) is 0 Å². The summed E-state index contributed by atoms with van der Waals surface area (Å²) in [5.41, 5.74) is 0.596. The fourth-order valence-corrected chi connectivity index (χ4v) is 2.66. The van der Waals surface area contributed by atoms with E-state index in [0.29, 0.717) is 13.0 Å². The fraction of sp³-hybridized carbons (Fsp3) is 0.533. The third kappa shape index (κ3) is 2.84. The first kappa shape index (κ1) is 15.3. The molecular weight excluding hydrogens is 270 g/mol. The molecule has 1 aliphatic heterocycles. The van der Waals surface area contributed by atoms with Crippen molar-refractivity contribution < 1.29 is 9.59 Å². The van der Waals surface area contributed by atoms with Crippen LogP contribution in [-0.4, -0.2) is 40.9 Å². The Labute approximate surface area is 123 Å². The van der Waals surface area contributed by atoms with Crippen molar-refractivity contribution in [2.45, 2.75) is 32.2 Å². The van der Waals surface area contributed by atoms with Gasteiger partial charge in [-0.05, 0) is 38.3 Å². The number of aromatic nitrogens is 1. The molecule has 21 heavy (non-hydrogen) atoms. The molecule has 0 aliphatic carbocycles. The van der Waals surface area contributed by atoms with Crippen molar-refractivity contribution in [3.63, 3.8) is 0 Å². The van der Waals surface area contributed by atoms with E-state index in [1.165, 1.54) is 9.47 Å². The van der Waals surface area contributed by atoms with Crippen molar-refractivity contribution in [3.05, 3.63) is 33.7 Å². The van der Waals surface area contributed by atoms with Crippen LogP contribution >= 0.6 is 0 Å². The van der Waals surface area contributed by atoms with E-state index < -0.39 is 6.04 Å². The van der Waals surface area contributed by atoms with Gasteiger partial charge in [0.25, 0.3) is 11.5 Å². The average molecular weight is 291 g/mol. The van der Waals surface area contributed by atoms with Gasteiger partial charge in [-0.25, -0.2) is 0 Å². The van der Waals surface area contributed by atoms with Crippen molar-refractivity contribution in [1.29, 1.82) is 0 Å². The zero-order chi connectivity index (χ0) is 15.6. The molecule has 1 unspecified atom stereocenters. The smallest absolute Gasteiger partial charge is 0.263 e. The predicted octanol–water partition coefficient (Wildman–Crippen LogP) is 0.434. The summed E-state index contributed by atoms with van der Waals surface area (Å²) in [7, 11) is 3.20. The van der Waals surface area contributed by atoms with E-state index in [2.05, 4.69) is 5.32 Å². The van der Waals surface area contributed by atoms with Crippen LogP contribution in [-0.2, 0) is 11.8 Å². The Morgan fingerprint density at radius 1 is 1.29 bits per heavy atom. The lowest BCUT2D eigenvalue weighted by molar-refractivity contribution is -0.126. The normalized spacial score (nSPS) is 18.4. The number of nitrogens with zero attached hydrogens (tertiary/aromatic N) is 2. The molecule has 1 fully saturated rings. The molecule has 1 N–H and O–H groups in total. The van der Waals surface area contributed by atoms with Crippen molar-refractivity contribution in [2.75, 3.05) is 13.6 Å². The van der Waals surface area contributed by atoms with Crippen molar-refractivity contribution in [1.82, 2.24) is 14.8 Å². The quantitative estimate of drug-likeness (QED) is 0.859. The lowest BCUT2D eigenvalue weighted by Crippen LogP contribution is -2.52. The Kier molecular flexibility index (Phi) is 4.45. The number of nitrogens with one attached hydrogen (secondary N) is 1. The maximum Gasteiger partial charge on any atom is 0.263 e. The van der Waals surface area contributed by atoms with Crippen LogP contribution in [0.3, 0.4) is 0 Å². The molecule has 1 saturated heterocycles. The number of hydrogen-bond donors (Lipinski definition) is 1. The van der Waals surface area contributed by atoms with E-state index in [1.54, 1.807) is 26.2 Å². The number of aryl methyl sites for hydroxylation is 1. The second kappa shape index (κ2) is 6.11. The Bertz CT molecular complexity index is 621. The van der Waals surface area contributed by atoms with E-state index in [9.17, 15) is 14.4 Å². The number of amides is 2. The second-order valence-electron chi connectivity index (χ2n) is 5.38. The highest BCUT2D eigenvalue weighted by atomic mass is 16.2. The molecule has 0 spiro atoms. The minimum atomic E-state index is -0.484. The third-order valence-corrected chi connectivity index (χ3v) is 4.10. The first-order chi connectivity index (χ1) is 9.97. The summed E-state index contributed by atoms with van der Waals surface area (Å²) >= 11 is 0. The third-order valence-electron chi connectivity index (χ3n) is 4.10. The minimum absolute atomic E-state index is 0.124. The Morgan fingerprint density at radius 3 is 2.67 bits per heavy atom. The maximum absolute atomic E-state index is 12.6. The fourth-order valence-electron chi connectivity index (χ4n) is 2.66. The number of carbonyl (C=O) groups excluding carboxylic acids is 2. The van der Waals surface area contributed by atoms with Crippen molar-refractivity contribution in [2.24, 2.45) is 7.05 Å². The zero-order valence-corrected chi connectivity index (χ0v) is 12.7. The van der Waals surface area contributed by atoms with Gasteiger partial charge >= 0.3 is 0 Å². The van der Waals surface area contributed by atoms with Gasteiger partial charge in [-0.1, -0.05) is 0 Å². The second-order valence-corrected chi connectivity index (χ2v) is 5.38. The lowest BCUT2D eigenvalue weighted by atomic mass is 10.00.